The fourth-order valence-corrected chi connectivity index (χ4v) is 0.960. The summed E-state index contributed by atoms with van der Waals surface area (Å²) in [4.78, 5) is 7.36. The molecule has 0 aromatic carbocycles. The molecule has 0 saturated carbocycles. The van der Waals surface area contributed by atoms with Crippen molar-refractivity contribution in [3.05, 3.63) is 12.0 Å². The van der Waals surface area contributed by atoms with E-state index in [0.717, 1.165) is 6.20 Å². The maximum atomic E-state index is 13.1. The quantitative estimate of drug-likeness (QED) is 0.410. The number of aliphatic hydroxyl groups excluding tert-OH is 1. The van der Waals surface area contributed by atoms with Gasteiger partial charge in [-0.05, 0) is 13.3 Å². The molecule has 1 atom stereocenters. The second-order valence-electron chi connectivity index (χ2n) is 3.10. The number of nitrogens with two attached hydrogens (primary N) is 1. The van der Waals surface area contributed by atoms with Crippen LogP contribution in [0.4, 0.5) is 16.2 Å². The second-order valence-corrected chi connectivity index (χ2v) is 3.10. The van der Waals surface area contributed by atoms with E-state index in [4.69, 9.17) is 10.9 Å². The van der Waals surface area contributed by atoms with Gasteiger partial charge in [0, 0.05) is 6.54 Å². The lowest BCUT2D eigenvalue weighted by Crippen LogP contribution is -2.15. The number of nitrogens with zero attached hydrogens (tertiary/aromatic N) is 2. The first kappa shape index (κ1) is 11.6. The molecule has 1 rings (SSSR count). The average Bonchev–Trinajstić information content (AvgIpc) is 2.20. The van der Waals surface area contributed by atoms with Gasteiger partial charge in [-0.25, -0.2) is 15.2 Å². The summed E-state index contributed by atoms with van der Waals surface area (Å²) in [5, 5.41) is 11.7. The zero-order valence-electron chi connectivity index (χ0n) is 8.37. The van der Waals surface area contributed by atoms with Gasteiger partial charge in [-0.1, -0.05) is 0 Å². The van der Waals surface area contributed by atoms with Crippen LogP contribution in [0.5, 0.6) is 0 Å². The van der Waals surface area contributed by atoms with E-state index in [0.29, 0.717) is 13.0 Å². The van der Waals surface area contributed by atoms with Gasteiger partial charge in [-0.2, -0.15) is 4.98 Å². The molecule has 84 valence electrons. The lowest BCUT2D eigenvalue weighted by atomic mass is 10.3. The van der Waals surface area contributed by atoms with Gasteiger partial charge in [0.2, 0.25) is 5.95 Å². The topological polar surface area (TPSA) is 96.1 Å². The predicted octanol–water partition coefficient (Wildman–Crippen LogP) is 0.0841. The Bertz CT molecular complexity index is 320. The second kappa shape index (κ2) is 5.42. The molecule has 15 heavy (non-hydrogen) atoms. The molecule has 1 unspecified atom stereocenters. The zero-order chi connectivity index (χ0) is 11.3. The number of nitrogen functional groups attached to an aromatic ring is 1. The molecule has 1 aromatic rings. The van der Waals surface area contributed by atoms with Crippen LogP contribution in [0.1, 0.15) is 13.3 Å². The molecule has 1 aromatic heterocycles. The Hall–Kier alpha value is -1.47. The fraction of sp³-hybridized carbons (Fsp3) is 0.500. The molecule has 0 aliphatic carbocycles. The van der Waals surface area contributed by atoms with E-state index >= 15 is 0 Å². The summed E-state index contributed by atoms with van der Waals surface area (Å²) >= 11 is 0. The Morgan fingerprint density at radius 3 is 3.00 bits per heavy atom. The Balaban J connectivity index is 2.59. The number of rotatable bonds is 5. The minimum atomic E-state index is -0.556. The molecule has 6 nitrogen and oxygen atoms in total. The average molecular weight is 215 g/mol. The van der Waals surface area contributed by atoms with Crippen molar-refractivity contribution < 1.29 is 9.50 Å². The highest BCUT2D eigenvalue weighted by molar-refractivity contribution is 5.40. The standard InChI is InChI=1S/C8H14FN5O/c1-5(15)2-3-11-7-6(9)4-12-8(13-7)14-10/h4-5,15H,2-3,10H2,1H3,(H2,11,12,13,14). The normalized spacial score (nSPS) is 12.3. The third-order valence-corrected chi connectivity index (χ3v) is 1.73. The van der Waals surface area contributed by atoms with E-state index in [1.165, 1.54) is 0 Å². The SMILES string of the molecule is CC(O)CCNc1nc(NN)ncc1F. The molecule has 7 heteroatoms. The molecule has 0 saturated heterocycles. The van der Waals surface area contributed by atoms with Gasteiger partial charge in [-0.15, -0.1) is 0 Å². The van der Waals surface area contributed by atoms with E-state index in [1.54, 1.807) is 6.92 Å². The number of nitrogens with one attached hydrogen (secondary N) is 2. The third-order valence-electron chi connectivity index (χ3n) is 1.73. The summed E-state index contributed by atoms with van der Waals surface area (Å²) in [6.07, 6.45) is 1.09. The maximum absolute atomic E-state index is 13.1. The van der Waals surface area contributed by atoms with Crippen LogP contribution in [0.15, 0.2) is 6.20 Å². The number of hydrazine groups is 1. The Labute approximate surface area is 86.7 Å². The van der Waals surface area contributed by atoms with Crippen molar-refractivity contribution in [1.29, 1.82) is 0 Å². The van der Waals surface area contributed by atoms with Crippen molar-refractivity contribution in [2.45, 2.75) is 19.4 Å². The molecule has 0 fully saturated rings. The van der Waals surface area contributed by atoms with Gasteiger partial charge >= 0.3 is 0 Å². The van der Waals surface area contributed by atoms with Crippen molar-refractivity contribution in [1.82, 2.24) is 9.97 Å². The van der Waals surface area contributed by atoms with Gasteiger partial charge in [-0.3, -0.25) is 5.43 Å². The van der Waals surface area contributed by atoms with Gasteiger partial charge in [0.05, 0.1) is 12.3 Å². The van der Waals surface area contributed by atoms with Crippen LogP contribution >= 0.6 is 0 Å². The molecule has 0 aliphatic heterocycles. The highest BCUT2D eigenvalue weighted by atomic mass is 19.1. The highest BCUT2D eigenvalue weighted by Gasteiger charge is 2.05. The fourth-order valence-electron chi connectivity index (χ4n) is 0.960. The molecule has 0 bridgehead atoms. The summed E-state index contributed by atoms with van der Waals surface area (Å²) in [6, 6.07) is 0. The molecule has 1 heterocycles. The van der Waals surface area contributed by atoms with Gasteiger partial charge < -0.3 is 10.4 Å². The number of hydrogen-bond donors (Lipinski definition) is 4. The van der Waals surface area contributed by atoms with Crippen LogP contribution in [0.2, 0.25) is 0 Å². The van der Waals surface area contributed by atoms with Crippen molar-refractivity contribution in [2.24, 2.45) is 5.84 Å². The van der Waals surface area contributed by atoms with E-state index in [1.807, 2.05) is 0 Å². The number of anilines is 2. The Morgan fingerprint density at radius 1 is 1.67 bits per heavy atom. The summed E-state index contributed by atoms with van der Waals surface area (Å²) in [5.41, 5.74) is 2.22. The van der Waals surface area contributed by atoms with Gasteiger partial charge in [0.15, 0.2) is 11.6 Å². The smallest absolute Gasteiger partial charge is 0.239 e. The van der Waals surface area contributed by atoms with E-state index in [9.17, 15) is 4.39 Å². The minimum absolute atomic E-state index is 0.0681. The van der Waals surface area contributed by atoms with E-state index in [2.05, 4.69) is 20.7 Å². The molecular formula is C8H14FN5O. The molecule has 0 radical (unpaired) electrons. The molecule has 0 amide bonds. The number of halogens is 1. The summed E-state index contributed by atoms with van der Waals surface area (Å²) < 4.78 is 13.1. The molecular weight excluding hydrogens is 201 g/mol. The first-order chi connectivity index (χ1) is 7.13. The Morgan fingerprint density at radius 2 is 2.40 bits per heavy atom. The first-order valence-corrected chi connectivity index (χ1v) is 4.54. The maximum Gasteiger partial charge on any atom is 0.239 e. The van der Waals surface area contributed by atoms with Crippen LogP contribution < -0.4 is 16.6 Å². The monoisotopic (exact) mass is 215 g/mol. The van der Waals surface area contributed by atoms with Crippen LogP contribution in [0.3, 0.4) is 0 Å². The van der Waals surface area contributed by atoms with Crippen molar-refractivity contribution in [2.75, 3.05) is 17.3 Å². The molecule has 5 N–H and O–H groups in total. The minimum Gasteiger partial charge on any atom is -0.393 e. The number of aromatic nitrogens is 2. The number of aliphatic hydroxyl groups is 1. The lowest BCUT2D eigenvalue weighted by Gasteiger charge is -2.08. The Kier molecular flexibility index (Phi) is 4.19. The predicted molar refractivity (Wildman–Crippen MR) is 54.6 cm³/mol. The van der Waals surface area contributed by atoms with Gasteiger partial charge in [0.1, 0.15) is 0 Å². The van der Waals surface area contributed by atoms with Crippen LogP contribution in [-0.4, -0.2) is 27.7 Å². The lowest BCUT2D eigenvalue weighted by molar-refractivity contribution is 0.188. The summed E-state index contributed by atoms with van der Waals surface area (Å²) in [6.45, 7) is 2.08. The molecule has 0 aliphatic rings. The van der Waals surface area contributed by atoms with Gasteiger partial charge in [0.25, 0.3) is 0 Å². The van der Waals surface area contributed by atoms with Crippen molar-refractivity contribution >= 4 is 11.8 Å². The van der Waals surface area contributed by atoms with Crippen molar-refractivity contribution in [3.8, 4) is 0 Å². The van der Waals surface area contributed by atoms with Crippen molar-refractivity contribution in [3.63, 3.8) is 0 Å². The zero-order valence-corrected chi connectivity index (χ0v) is 8.37. The third kappa shape index (κ3) is 3.64. The first-order valence-electron chi connectivity index (χ1n) is 4.54. The van der Waals surface area contributed by atoms with Crippen LogP contribution in [-0.2, 0) is 0 Å². The highest BCUT2D eigenvalue weighted by Crippen LogP contribution is 2.11. The van der Waals surface area contributed by atoms with E-state index < -0.39 is 11.9 Å². The van der Waals surface area contributed by atoms with Crippen LogP contribution in [0, 0.1) is 5.82 Å². The summed E-state index contributed by atoms with van der Waals surface area (Å²) in [7, 11) is 0. The summed E-state index contributed by atoms with van der Waals surface area (Å²) in [5.74, 6) is 4.73. The number of hydrogen-bond acceptors (Lipinski definition) is 6. The van der Waals surface area contributed by atoms with Crippen LogP contribution in [0.25, 0.3) is 0 Å². The largest absolute Gasteiger partial charge is 0.393 e. The molecule has 0 spiro atoms. The van der Waals surface area contributed by atoms with E-state index in [-0.39, 0.29) is 11.8 Å².